The van der Waals surface area contributed by atoms with Gasteiger partial charge in [0.15, 0.2) is 5.78 Å². The van der Waals surface area contributed by atoms with Crippen LogP contribution < -0.4 is 4.72 Å². The van der Waals surface area contributed by atoms with Crippen LogP contribution in [0.2, 0.25) is 0 Å². The molecule has 4 aliphatic rings. The van der Waals surface area contributed by atoms with Gasteiger partial charge in [0.25, 0.3) is 0 Å². The maximum atomic E-state index is 14.6. The van der Waals surface area contributed by atoms with Crippen LogP contribution in [-0.2, 0) is 56.6 Å². The largest absolute Gasteiger partial charge is 0.460 e. The molecule has 4 amide bonds. The number of amides is 4. The number of Topliss-reactive ketones (excluding diaryl/α,β-unsaturated/α-hetero) is 1. The molecular weight excluding hydrogens is 736 g/mol. The van der Waals surface area contributed by atoms with Crippen molar-refractivity contribution >= 4 is 45.6 Å². The number of benzene rings is 1. The van der Waals surface area contributed by atoms with Crippen molar-refractivity contribution < 1.29 is 51.0 Å². The van der Waals surface area contributed by atoms with Crippen LogP contribution in [0.3, 0.4) is 0 Å². The van der Waals surface area contributed by atoms with Gasteiger partial charge in [-0.25, -0.2) is 17.6 Å². The zero-order valence-corrected chi connectivity index (χ0v) is 32.3. The van der Waals surface area contributed by atoms with Crippen molar-refractivity contribution in [1.29, 1.82) is 0 Å². The van der Waals surface area contributed by atoms with Gasteiger partial charge in [0.1, 0.15) is 17.5 Å². The van der Waals surface area contributed by atoms with E-state index in [-0.39, 0.29) is 45.6 Å². The third-order valence-corrected chi connectivity index (χ3v) is 12.2. The van der Waals surface area contributed by atoms with E-state index in [1.165, 1.54) is 39.0 Å². The summed E-state index contributed by atoms with van der Waals surface area (Å²) < 4.78 is 53.4. The van der Waals surface area contributed by atoms with Crippen molar-refractivity contribution in [3.8, 4) is 0 Å². The fraction of sp³-hybridized carbons (Fsp3) is 0.538. The monoisotopic (exact) mass is 784 g/mol. The molecule has 5 rings (SSSR count). The summed E-state index contributed by atoms with van der Waals surface area (Å²) in [5, 5.41) is -0.682. The van der Waals surface area contributed by atoms with Crippen molar-refractivity contribution in [2.24, 2.45) is 17.3 Å². The Hall–Kier alpha value is -4.86. The van der Waals surface area contributed by atoms with Crippen LogP contribution in [0.15, 0.2) is 56.2 Å². The Kier molecular flexibility index (Phi) is 12.1. The number of allylic oxidation sites excluding steroid dienone is 1. The molecule has 2 aliphatic carbocycles. The molecule has 2 aliphatic heterocycles. The van der Waals surface area contributed by atoms with Crippen LogP contribution >= 0.6 is 0 Å². The van der Waals surface area contributed by atoms with Gasteiger partial charge in [-0.3, -0.25) is 33.6 Å². The number of rotatable bonds is 16. The topological polar surface area (TPSA) is 177 Å². The van der Waals surface area contributed by atoms with E-state index >= 15 is 0 Å². The molecule has 14 nitrogen and oxygen atoms in total. The van der Waals surface area contributed by atoms with Gasteiger partial charge in [-0.15, -0.1) is 13.2 Å². The van der Waals surface area contributed by atoms with E-state index in [9.17, 15) is 41.6 Å². The lowest BCUT2D eigenvalue weighted by atomic mass is 9.91. The Bertz CT molecular complexity index is 1890. The van der Waals surface area contributed by atoms with Gasteiger partial charge >= 0.3 is 12.1 Å². The van der Waals surface area contributed by atoms with Crippen molar-refractivity contribution in [3.05, 3.63) is 73.1 Å². The number of fused-ring (bicyclic) bond motifs is 1. The van der Waals surface area contributed by atoms with Crippen molar-refractivity contribution in [3.63, 3.8) is 0 Å². The van der Waals surface area contributed by atoms with Gasteiger partial charge in [0, 0.05) is 38.0 Å². The van der Waals surface area contributed by atoms with E-state index in [4.69, 9.17) is 9.47 Å². The molecule has 1 saturated heterocycles. The van der Waals surface area contributed by atoms with Gasteiger partial charge in [-0.05, 0) is 63.7 Å². The minimum atomic E-state index is -3.94. The third-order valence-electron chi connectivity index (χ3n) is 10.4. The van der Waals surface area contributed by atoms with E-state index in [0.29, 0.717) is 24.0 Å². The molecule has 0 spiro atoms. The van der Waals surface area contributed by atoms with Crippen LogP contribution in [0.1, 0.15) is 70.4 Å². The van der Waals surface area contributed by atoms with Crippen LogP contribution in [0.25, 0.3) is 0 Å². The van der Waals surface area contributed by atoms with E-state index in [2.05, 4.69) is 24.5 Å². The Balaban J connectivity index is 1.42. The Morgan fingerprint density at radius 3 is 2.40 bits per heavy atom. The minimum Gasteiger partial charge on any atom is -0.460 e. The summed E-state index contributed by atoms with van der Waals surface area (Å²) in [4.78, 5) is 85.6. The fourth-order valence-corrected chi connectivity index (χ4v) is 8.71. The molecule has 2 saturated carbocycles. The summed E-state index contributed by atoms with van der Waals surface area (Å²) in [5.74, 6) is -5.62. The quantitative estimate of drug-likeness (QED) is 0.148. The van der Waals surface area contributed by atoms with Crippen LogP contribution in [0.5, 0.6) is 0 Å². The second-order valence-electron chi connectivity index (χ2n) is 15.7. The summed E-state index contributed by atoms with van der Waals surface area (Å²) >= 11 is 0. The highest BCUT2D eigenvalue weighted by Gasteiger charge is 2.61. The second kappa shape index (κ2) is 16.1. The number of halogens is 1. The SMILES string of the molecule is C=CCN(C[C@H](CC(=O)OC(C)(C)C)C(=O)N1CC(OC(=O)N2Cc3cccc(F)c3C2)CC1C(=O)C[C@]1(C(=O)NS(=O)(=O)C2CC2)C[C@H]1C=C)C(=O)C=C. The van der Waals surface area contributed by atoms with E-state index < -0.39 is 104 Å². The number of likely N-dealkylation sites (tertiary alicyclic amines) is 1. The van der Waals surface area contributed by atoms with Crippen LogP contribution in [0.4, 0.5) is 9.18 Å². The molecule has 1 N–H and O–H groups in total. The average Bonchev–Trinajstić information content (AvgIpc) is 4.00. The Labute approximate surface area is 320 Å². The molecule has 1 aromatic rings. The van der Waals surface area contributed by atoms with Gasteiger partial charge in [-0.1, -0.05) is 30.9 Å². The normalized spacial score (nSPS) is 23.5. The number of ketones is 1. The molecule has 55 heavy (non-hydrogen) atoms. The molecule has 2 unspecified atom stereocenters. The predicted octanol–water partition coefficient (Wildman–Crippen LogP) is 3.56. The van der Waals surface area contributed by atoms with E-state index in [1.54, 1.807) is 26.8 Å². The fourth-order valence-electron chi connectivity index (χ4n) is 7.32. The number of esters is 1. The second-order valence-corrected chi connectivity index (χ2v) is 17.7. The lowest BCUT2D eigenvalue weighted by Crippen LogP contribution is -2.49. The van der Waals surface area contributed by atoms with Crippen molar-refractivity contribution in [2.75, 3.05) is 19.6 Å². The number of carbonyl (C=O) groups is 6. The van der Waals surface area contributed by atoms with E-state index in [0.717, 1.165) is 6.08 Å². The molecule has 0 aromatic heterocycles. The summed E-state index contributed by atoms with van der Waals surface area (Å²) in [5.41, 5.74) is -1.36. The van der Waals surface area contributed by atoms with E-state index in [1.807, 2.05) is 0 Å². The lowest BCUT2D eigenvalue weighted by molar-refractivity contribution is -0.159. The first kappa shape index (κ1) is 41.3. The first-order valence-corrected chi connectivity index (χ1v) is 19.8. The zero-order valence-electron chi connectivity index (χ0n) is 31.5. The Morgan fingerprint density at radius 1 is 1.11 bits per heavy atom. The molecular formula is C39H49FN4O10S. The van der Waals surface area contributed by atoms with Gasteiger partial charge < -0.3 is 19.3 Å². The number of hydrogen-bond acceptors (Lipinski definition) is 10. The highest BCUT2D eigenvalue weighted by molar-refractivity contribution is 7.90. The summed E-state index contributed by atoms with van der Waals surface area (Å²) in [6.07, 6.45) is 2.05. The molecule has 298 valence electrons. The molecule has 16 heteroatoms. The van der Waals surface area contributed by atoms with Gasteiger partial charge in [-0.2, -0.15) is 0 Å². The van der Waals surface area contributed by atoms with Crippen molar-refractivity contribution in [1.82, 2.24) is 19.4 Å². The van der Waals surface area contributed by atoms with Crippen molar-refractivity contribution in [2.45, 2.75) is 95.4 Å². The van der Waals surface area contributed by atoms with Crippen LogP contribution in [-0.4, -0.2) is 101 Å². The lowest BCUT2D eigenvalue weighted by Gasteiger charge is -2.31. The third kappa shape index (κ3) is 9.51. The number of hydrogen-bond donors (Lipinski definition) is 1. The average molecular weight is 785 g/mol. The summed E-state index contributed by atoms with van der Waals surface area (Å²) in [6, 6.07) is 3.27. The first-order chi connectivity index (χ1) is 25.8. The number of sulfonamides is 1. The molecule has 3 fully saturated rings. The number of nitrogens with zero attached hydrogens (tertiary/aromatic N) is 3. The standard InChI is InChI=1S/C39H49FN4O10S/c1-7-15-42(33(46)9-3)21-25(16-34(47)54-38(4,5)6)35(48)44-22-27(53-37(50)43-20-24-11-10-12-30(40)29(24)23-43)17-31(44)32(45)19-39(18-26(39)8-2)36(49)41-55(51,52)28-13-14-28/h7-12,25-28,31H,1-3,13-23H2,4-6H3,(H,41,49)/t25-,26+,27?,31?,39+/m0/s1. The molecule has 5 atom stereocenters. The highest BCUT2D eigenvalue weighted by Crippen LogP contribution is 2.57. The number of nitrogens with one attached hydrogen (secondary N) is 1. The number of carbonyl (C=O) groups excluding carboxylic acids is 6. The molecule has 0 bridgehead atoms. The number of ether oxygens (including phenoxy) is 2. The highest BCUT2D eigenvalue weighted by atomic mass is 32.2. The predicted molar refractivity (Wildman–Crippen MR) is 197 cm³/mol. The first-order valence-electron chi connectivity index (χ1n) is 18.3. The molecule has 1 aromatic carbocycles. The van der Waals surface area contributed by atoms with Crippen LogP contribution in [0, 0.1) is 23.1 Å². The Morgan fingerprint density at radius 2 is 1.82 bits per heavy atom. The molecule has 0 radical (unpaired) electrons. The van der Waals surface area contributed by atoms with Gasteiger partial charge in [0.2, 0.25) is 27.7 Å². The zero-order chi connectivity index (χ0) is 40.5. The summed E-state index contributed by atoms with van der Waals surface area (Å²) in [6.45, 7) is 15.4. The molecule has 2 heterocycles. The summed E-state index contributed by atoms with van der Waals surface area (Å²) in [7, 11) is -3.94. The maximum Gasteiger partial charge on any atom is 0.410 e. The van der Waals surface area contributed by atoms with Gasteiger partial charge in [0.05, 0.1) is 42.1 Å². The smallest absolute Gasteiger partial charge is 0.410 e. The maximum absolute atomic E-state index is 14.6. The minimum absolute atomic E-state index is 0.00864.